The molecule has 0 spiro atoms. The molecule has 0 aromatic heterocycles. The average Bonchev–Trinajstić information content (AvgIpc) is 2.23. The van der Waals surface area contributed by atoms with Gasteiger partial charge in [-0.05, 0) is 53.5 Å². The zero-order chi connectivity index (χ0) is 16.3. The van der Waals surface area contributed by atoms with E-state index in [0.717, 1.165) is 12.8 Å². The fourth-order valence-electron chi connectivity index (χ4n) is 3.44. The van der Waals surface area contributed by atoms with Crippen molar-refractivity contribution < 1.29 is 13.2 Å². The van der Waals surface area contributed by atoms with E-state index in [4.69, 9.17) is 0 Å². The lowest BCUT2D eigenvalue weighted by atomic mass is 9.74. The minimum absolute atomic E-state index is 0.0160. The van der Waals surface area contributed by atoms with Crippen LogP contribution >= 0.6 is 0 Å². The summed E-state index contributed by atoms with van der Waals surface area (Å²) in [4.78, 5) is 12.0. The van der Waals surface area contributed by atoms with Gasteiger partial charge in [0, 0.05) is 24.0 Å². The first kappa shape index (κ1) is 18.4. The van der Waals surface area contributed by atoms with Gasteiger partial charge in [-0.2, -0.15) is 0 Å². The lowest BCUT2D eigenvalue weighted by molar-refractivity contribution is -0.122. The van der Waals surface area contributed by atoms with Gasteiger partial charge in [-0.3, -0.25) is 4.79 Å². The number of carbonyl (C=O) groups is 1. The van der Waals surface area contributed by atoms with Crippen molar-refractivity contribution in [1.29, 1.82) is 0 Å². The van der Waals surface area contributed by atoms with E-state index in [9.17, 15) is 13.2 Å². The SMILES string of the molecule is CNS(=O)(=O)CCNC(=O)CC1CC(C)(C)NC(C)(C)C1. The molecule has 0 unspecified atom stereocenters. The molecule has 124 valence electrons. The number of sulfonamides is 1. The molecule has 21 heavy (non-hydrogen) atoms. The molecular weight excluding hydrogens is 290 g/mol. The summed E-state index contributed by atoms with van der Waals surface area (Å²) in [6.45, 7) is 8.76. The van der Waals surface area contributed by atoms with Crippen molar-refractivity contribution >= 4 is 15.9 Å². The second kappa shape index (κ2) is 6.62. The van der Waals surface area contributed by atoms with E-state index in [2.05, 4.69) is 43.1 Å². The summed E-state index contributed by atoms with van der Waals surface area (Å²) in [5, 5.41) is 6.28. The van der Waals surface area contributed by atoms with Crippen molar-refractivity contribution in [3.05, 3.63) is 0 Å². The van der Waals surface area contributed by atoms with Crippen molar-refractivity contribution in [2.75, 3.05) is 19.3 Å². The predicted molar refractivity (Wildman–Crippen MR) is 84.5 cm³/mol. The monoisotopic (exact) mass is 319 g/mol. The number of piperidine rings is 1. The topological polar surface area (TPSA) is 87.3 Å². The largest absolute Gasteiger partial charge is 0.355 e. The van der Waals surface area contributed by atoms with E-state index in [-0.39, 0.29) is 29.3 Å². The maximum Gasteiger partial charge on any atom is 0.220 e. The molecule has 1 fully saturated rings. The van der Waals surface area contributed by atoms with Crippen LogP contribution in [0.2, 0.25) is 0 Å². The Labute approximate surface area is 128 Å². The molecule has 0 saturated carbocycles. The average molecular weight is 319 g/mol. The second-order valence-corrected chi connectivity index (χ2v) is 9.29. The number of hydrogen-bond acceptors (Lipinski definition) is 4. The number of carbonyl (C=O) groups excluding carboxylic acids is 1. The predicted octanol–water partition coefficient (Wildman–Crippen LogP) is 0.599. The zero-order valence-electron chi connectivity index (χ0n) is 13.7. The van der Waals surface area contributed by atoms with E-state index in [0.29, 0.717) is 12.3 Å². The summed E-state index contributed by atoms with van der Waals surface area (Å²) in [5.74, 6) is 0.162. The fraction of sp³-hybridized carbons (Fsp3) is 0.929. The van der Waals surface area contributed by atoms with Crippen LogP contribution in [0.5, 0.6) is 0 Å². The van der Waals surface area contributed by atoms with E-state index in [1.807, 2.05) is 0 Å². The van der Waals surface area contributed by atoms with Gasteiger partial charge in [0.05, 0.1) is 5.75 Å². The Morgan fingerprint density at radius 3 is 2.19 bits per heavy atom. The highest BCUT2D eigenvalue weighted by Gasteiger charge is 2.38. The van der Waals surface area contributed by atoms with Crippen molar-refractivity contribution in [3.63, 3.8) is 0 Å². The molecule has 1 rings (SSSR count). The summed E-state index contributed by atoms with van der Waals surface area (Å²) >= 11 is 0. The lowest BCUT2D eigenvalue weighted by Gasteiger charge is -2.46. The summed E-state index contributed by atoms with van der Waals surface area (Å²) in [7, 11) is -1.89. The first-order valence-corrected chi connectivity index (χ1v) is 9.07. The highest BCUT2D eigenvalue weighted by atomic mass is 32.2. The fourth-order valence-corrected chi connectivity index (χ4v) is 4.01. The molecule has 0 radical (unpaired) electrons. The van der Waals surface area contributed by atoms with Crippen LogP contribution in [0.4, 0.5) is 0 Å². The molecule has 1 aliphatic heterocycles. The maximum absolute atomic E-state index is 12.0. The molecule has 1 heterocycles. The second-order valence-electron chi connectivity index (χ2n) is 7.24. The molecular formula is C14H29N3O3S. The van der Waals surface area contributed by atoms with E-state index >= 15 is 0 Å². The van der Waals surface area contributed by atoms with Gasteiger partial charge in [0.2, 0.25) is 15.9 Å². The third kappa shape index (κ3) is 6.76. The Morgan fingerprint density at radius 1 is 1.19 bits per heavy atom. The Bertz CT molecular complexity index is 456. The quantitative estimate of drug-likeness (QED) is 0.669. The summed E-state index contributed by atoms with van der Waals surface area (Å²) in [6.07, 6.45) is 2.34. The van der Waals surface area contributed by atoms with E-state index < -0.39 is 10.0 Å². The van der Waals surface area contributed by atoms with Crippen molar-refractivity contribution in [2.24, 2.45) is 5.92 Å². The normalized spacial score (nSPS) is 22.0. The standard InChI is InChI=1S/C14H29N3O3S/c1-13(2)9-11(10-14(3,4)17-13)8-12(18)16-6-7-21(19,20)15-5/h11,15,17H,6-10H2,1-5H3,(H,16,18). The molecule has 1 amide bonds. The van der Waals surface area contributed by atoms with Gasteiger partial charge < -0.3 is 10.6 Å². The van der Waals surface area contributed by atoms with Crippen LogP contribution in [-0.2, 0) is 14.8 Å². The number of rotatable bonds is 6. The lowest BCUT2D eigenvalue weighted by Crippen LogP contribution is -2.58. The summed E-state index contributed by atoms with van der Waals surface area (Å²) in [5.41, 5.74) is 0.0321. The van der Waals surface area contributed by atoms with Crippen LogP contribution < -0.4 is 15.4 Å². The van der Waals surface area contributed by atoms with Crippen LogP contribution in [0, 0.1) is 5.92 Å². The first-order chi connectivity index (χ1) is 9.45. The smallest absolute Gasteiger partial charge is 0.220 e. The summed E-state index contributed by atoms with van der Waals surface area (Å²) in [6, 6.07) is 0. The number of amides is 1. The van der Waals surface area contributed by atoms with Gasteiger partial charge in [0.25, 0.3) is 0 Å². The summed E-state index contributed by atoms with van der Waals surface area (Å²) < 4.78 is 24.8. The van der Waals surface area contributed by atoms with Crippen LogP contribution in [0.1, 0.15) is 47.0 Å². The Hall–Kier alpha value is -0.660. The highest BCUT2D eigenvalue weighted by Crippen LogP contribution is 2.34. The van der Waals surface area contributed by atoms with Crippen molar-refractivity contribution in [1.82, 2.24) is 15.4 Å². The Balaban J connectivity index is 2.44. The zero-order valence-corrected chi connectivity index (χ0v) is 14.6. The van der Waals surface area contributed by atoms with Crippen LogP contribution in [0.15, 0.2) is 0 Å². The molecule has 7 heteroatoms. The van der Waals surface area contributed by atoms with Gasteiger partial charge >= 0.3 is 0 Å². The van der Waals surface area contributed by atoms with Gasteiger partial charge in [0.15, 0.2) is 0 Å². The molecule has 3 N–H and O–H groups in total. The first-order valence-electron chi connectivity index (χ1n) is 7.42. The number of nitrogens with one attached hydrogen (secondary N) is 3. The van der Waals surface area contributed by atoms with Gasteiger partial charge in [0.1, 0.15) is 0 Å². The Morgan fingerprint density at radius 2 is 1.71 bits per heavy atom. The van der Waals surface area contributed by atoms with Gasteiger partial charge in [-0.25, -0.2) is 13.1 Å². The minimum atomic E-state index is -3.26. The third-order valence-corrected chi connectivity index (χ3v) is 5.12. The van der Waals surface area contributed by atoms with E-state index in [1.165, 1.54) is 7.05 Å². The number of hydrogen-bond donors (Lipinski definition) is 3. The molecule has 6 nitrogen and oxygen atoms in total. The van der Waals surface area contributed by atoms with Crippen molar-refractivity contribution in [2.45, 2.75) is 58.0 Å². The minimum Gasteiger partial charge on any atom is -0.355 e. The van der Waals surface area contributed by atoms with Gasteiger partial charge in [-0.15, -0.1) is 0 Å². The molecule has 1 aliphatic rings. The van der Waals surface area contributed by atoms with Gasteiger partial charge in [-0.1, -0.05) is 0 Å². The van der Waals surface area contributed by atoms with Crippen LogP contribution in [0.25, 0.3) is 0 Å². The molecule has 0 aromatic rings. The molecule has 0 atom stereocenters. The molecule has 1 saturated heterocycles. The Kier molecular flexibility index (Phi) is 5.80. The molecule has 0 bridgehead atoms. The van der Waals surface area contributed by atoms with E-state index in [1.54, 1.807) is 0 Å². The molecule has 0 aliphatic carbocycles. The van der Waals surface area contributed by atoms with Crippen LogP contribution in [-0.4, -0.2) is 44.7 Å². The van der Waals surface area contributed by atoms with Crippen molar-refractivity contribution in [3.8, 4) is 0 Å². The maximum atomic E-state index is 12.0. The highest BCUT2D eigenvalue weighted by molar-refractivity contribution is 7.89. The molecule has 0 aromatic carbocycles. The van der Waals surface area contributed by atoms with Crippen LogP contribution in [0.3, 0.4) is 0 Å². The third-order valence-electron chi connectivity index (χ3n) is 3.75.